The zero-order valence-electron chi connectivity index (χ0n) is 12.4. The molecule has 18 heavy (non-hydrogen) atoms. The van der Waals surface area contributed by atoms with Crippen molar-refractivity contribution in [1.29, 1.82) is 0 Å². The highest BCUT2D eigenvalue weighted by molar-refractivity contribution is 5.88. The first kappa shape index (κ1) is 17.2. The van der Waals surface area contributed by atoms with Gasteiger partial charge in [-0.15, -0.1) is 0 Å². The van der Waals surface area contributed by atoms with Crippen molar-refractivity contribution in [2.75, 3.05) is 20.2 Å². The summed E-state index contributed by atoms with van der Waals surface area (Å²) in [6.07, 6.45) is 7.74. The Labute approximate surface area is 112 Å². The van der Waals surface area contributed by atoms with Gasteiger partial charge in [-0.3, -0.25) is 0 Å². The lowest BCUT2D eigenvalue weighted by atomic mass is 9.99. The molecule has 0 aromatic carbocycles. The predicted molar refractivity (Wildman–Crippen MR) is 76.6 cm³/mol. The molecule has 0 heterocycles. The second-order valence-corrected chi connectivity index (χ2v) is 4.65. The first-order chi connectivity index (χ1) is 8.69. The highest BCUT2D eigenvalue weighted by Gasteiger charge is 2.07. The molecular formula is C15H29NO2. The number of carbonyl (C=O) groups excluding carboxylic acids is 1. The summed E-state index contributed by atoms with van der Waals surface area (Å²) >= 11 is 0. The summed E-state index contributed by atoms with van der Waals surface area (Å²) in [5.74, 6) is 0.541. The van der Waals surface area contributed by atoms with E-state index in [0.29, 0.717) is 0 Å². The summed E-state index contributed by atoms with van der Waals surface area (Å²) in [7, 11) is 1.43. The topological polar surface area (TPSA) is 38.3 Å². The number of rotatable bonds is 10. The Balaban J connectivity index is 3.93. The number of hydrogen-bond donors (Lipinski definition) is 1. The molecule has 0 saturated carbocycles. The molecule has 0 aliphatic carbocycles. The smallest absolute Gasteiger partial charge is 0.333 e. The maximum Gasteiger partial charge on any atom is 0.333 e. The summed E-state index contributed by atoms with van der Waals surface area (Å²) in [6.45, 7) is 8.22. The van der Waals surface area contributed by atoms with E-state index in [1.165, 1.54) is 32.8 Å². The van der Waals surface area contributed by atoms with E-state index in [9.17, 15) is 4.79 Å². The lowest BCUT2D eigenvalue weighted by Crippen LogP contribution is -2.23. The normalized spacial score (nSPS) is 13.4. The molecule has 0 rings (SSSR count). The van der Waals surface area contributed by atoms with Crippen LogP contribution in [0, 0.1) is 5.92 Å². The van der Waals surface area contributed by atoms with Crippen LogP contribution in [-0.2, 0) is 9.53 Å². The van der Waals surface area contributed by atoms with Crippen LogP contribution in [0.5, 0.6) is 0 Å². The number of methoxy groups -OCH3 is 1. The Bertz CT molecular complexity index is 249. The van der Waals surface area contributed by atoms with Crippen LogP contribution in [0.25, 0.3) is 0 Å². The van der Waals surface area contributed by atoms with Crippen LogP contribution in [0.4, 0.5) is 0 Å². The molecule has 3 heteroatoms. The number of esters is 1. The molecule has 0 bridgehead atoms. The molecular weight excluding hydrogens is 226 g/mol. The molecule has 0 aromatic heterocycles. The van der Waals surface area contributed by atoms with Gasteiger partial charge in [0, 0.05) is 12.1 Å². The van der Waals surface area contributed by atoms with E-state index in [1.54, 1.807) is 0 Å². The first-order valence-corrected chi connectivity index (χ1v) is 7.17. The summed E-state index contributed by atoms with van der Waals surface area (Å²) < 4.78 is 4.72. The Hall–Kier alpha value is -0.830. The minimum atomic E-state index is -0.211. The number of unbranched alkanes of at least 4 members (excludes halogenated alkanes) is 1. The Morgan fingerprint density at radius 3 is 2.56 bits per heavy atom. The van der Waals surface area contributed by atoms with Crippen LogP contribution in [0.1, 0.15) is 52.9 Å². The molecule has 106 valence electrons. The monoisotopic (exact) mass is 255 g/mol. The van der Waals surface area contributed by atoms with Crippen molar-refractivity contribution in [2.24, 2.45) is 5.92 Å². The Kier molecular flexibility index (Phi) is 10.8. The van der Waals surface area contributed by atoms with E-state index in [0.717, 1.165) is 31.0 Å². The standard InChI is InChI=1S/C15H29NO2/c1-5-8-9-13(6-2)12-16-11-10-14(7-3)15(17)18-4/h10,13,16H,5-9,11-12H2,1-4H3/b14-10-. The largest absolute Gasteiger partial charge is 0.466 e. The molecule has 0 amide bonds. The molecule has 1 atom stereocenters. The third-order valence-corrected chi connectivity index (χ3v) is 3.30. The highest BCUT2D eigenvalue weighted by atomic mass is 16.5. The third kappa shape index (κ3) is 7.49. The van der Waals surface area contributed by atoms with E-state index >= 15 is 0 Å². The van der Waals surface area contributed by atoms with Crippen LogP contribution in [0.15, 0.2) is 11.6 Å². The predicted octanol–water partition coefficient (Wildman–Crippen LogP) is 3.30. The summed E-state index contributed by atoms with van der Waals surface area (Å²) in [5.41, 5.74) is 0.756. The van der Waals surface area contributed by atoms with E-state index in [4.69, 9.17) is 4.74 Å². The van der Waals surface area contributed by atoms with Gasteiger partial charge in [-0.05, 0) is 25.3 Å². The fourth-order valence-electron chi connectivity index (χ4n) is 1.93. The summed E-state index contributed by atoms with van der Waals surface area (Å²) in [4.78, 5) is 11.4. The van der Waals surface area contributed by atoms with Gasteiger partial charge in [0.2, 0.25) is 0 Å². The Morgan fingerprint density at radius 1 is 1.33 bits per heavy atom. The van der Waals surface area contributed by atoms with E-state index in [-0.39, 0.29) is 5.97 Å². The third-order valence-electron chi connectivity index (χ3n) is 3.30. The van der Waals surface area contributed by atoms with Crippen LogP contribution >= 0.6 is 0 Å². The van der Waals surface area contributed by atoms with E-state index in [2.05, 4.69) is 19.2 Å². The van der Waals surface area contributed by atoms with Crippen LogP contribution in [-0.4, -0.2) is 26.2 Å². The zero-order valence-corrected chi connectivity index (χ0v) is 12.4. The molecule has 0 radical (unpaired) electrons. The molecule has 1 unspecified atom stereocenters. The lowest BCUT2D eigenvalue weighted by molar-refractivity contribution is -0.136. The van der Waals surface area contributed by atoms with Gasteiger partial charge in [0.15, 0.2) is 0 Å². The number of hydrogen-bond acceptors (Lipinski definition) is 3. The Morgan fingerprint density at radius 2 is 2.06 bits per heavy atom. The minimum Gasteiger partial charge on any atom is -0.466 e. The fraction of sp³-hybridized carbons (Fsp3) is 0.800. The van der Waals surface area contributed by atoms with Gasteiger partial charge in [0.05, 0.1) is 7.11 Å². The molecule has 0 aromatic rings. The molecule has 0 fully saturated rings. The van der Waals surface area contributed by atoms with Gasteiger partial charge in [0.1, 0.15) is 0 Å². The second-order valence-electron chi connectivity index (χ2n) is 4.65. The van der Waals surface area contributed by atoms with Crippen molar-refractivity contribution >= 4 is 5.97 Å². The molecule has 0 aliphatic heterocycles. The van der Waals surface area contributed by atoms with Crippen LogP contribution in [0.3, 0.4) is 0 Å². The van der Waals surface area contributed by atoms with Gasteiger partial charge in [0.25, 0.3) is 0 Å². The van der Waals surface area contributed by atoms with Crippen molar-refractivity contribution < 1.29 is 9.53 Å². The average Bonchev–Trinajstić information content (AvgIpc) is 2.41. The van der Waals surface area contributed by atoms with E-state index < -0.39 is 0 Å². The SMILES string of the molecule is CCCCC(CC)CNC/C=C(/CC)C(=O)OC. The van der Waals surface area contributed by atoms with Crippen molar-refractivity contribution in [2.45, 2.75) is 52.9 Å². The van der Waals surface area contributed by atoms with E-state index in [1.807, 2.05) is 13.0 Å². The number of nitrogens with one attached hydrogen (secondary N) is 1. The van der Waals surface area contributed by atoms with Gasteiger partial charge >= 0.3 is 5.97 Å². The highest BCUT2D eigenvalue weighted by Crippen LogP contribution is 2.11. The maximum atomic E-state index is 11.4. The van der Waals surface area contributed by atoms with Crippen molar-refractivity contribution in [3.05, 3.63) is 11.6 Å². The molecule has 0 saturated heterocycles. The number of carbonyl (C=O) groups is 1. The fourth-order valence-corrected chi connectivity index (χ4v) is 1.93. The molecule has 3 nitrogen and oxygen atoms in total. The molecule has 0 aliphatic rings. The van der Waals surface area contributed by atoms with Crippen molar-refractivity contribution in [1.82, 2.24) is 5.32 Å². The minimum absolute atomic E-state index is 0.211. The maximum absolute atomic E-state index is 11.4. The van der Waals surface area contributed by atoms with Gasteiger partial charge in [-0.25, -0.2) is 4.79 Å². The lowest BCUT2D eigenvalue weighted by Gasteiger charge is -2.14. The van der Waals surface area contributed by atoms with Gasteiger partial charge in [-0.1, -0.05) is 46.1 Å². The molecule has 1 N–H and O–H groups in total. The van der Waals surface area contributed by atoms with Gasteiger partial charge < -0.3 is 10.1 Å². The van der Waals surface area contributed by atoms with Crippen molar-refractivity contribution in [3.8, 4) is 0 Å². The first-order valence-electron chi connectivity index (χ1n) is 7.17. The summed E-state index contributed by atoms with van der Waals surface area (Å²) in [5, 5.41) is 3.40. The average molecular weight is 255 g/mol. The van der Waals surface area contributed by atoms with Crippen LogP contribution in [0.2, 0.25) is 0 Å². The quantitative estimate of drug-likeness (QED) is 0.370. The molecule has 0 spiro atoms. The van der Waals surface area contributed by atoms with Crippen molar-refractivity contribution in [3.63, 3.8) is 0 Å². The van der Waals surface area contributed by atoms with Crippen LogP contribution < -0.4 is 5.32 Å². The van der Waals surface area contributed by atoms with Gasteiger partial charge in [-0.2, -0.15) is 0 Å². The zero-order chi connectivity index (χ0) is 13.8. The number of ether oxygens (including phenoxy) is 1. The summed E-state index contributed by atoms with van der Waals surface area (Å²) in [6, 6.07) is 0. The second kappa shape index (κ2) is 11.3.